The Morgan fingerprint density at radius 1 is 1.43 bits per heavy atom. The molecule has 80 valence electrons. The van der Waals surface area contributed by atoms with E-state index < -0.39 is 0 Å². The molecule has 1 aliphatic heterocycles. The first kappa shape index (κ1) is 11.5. The number of rotatable bonds is 6. The number of ether oxygens (including phenoxy) is 2. The van der Waals surface area contributed by atoms with Gasteiger partial charge >= 0.3 is 0 Å². The van der Waals surface area contributed by atoms with Crippen LogP contribution in [-0.4, -0.2) is 39.5 Å². The molecular formula is C11H19NO2. The summed E-state index contributed by atoms with van der Waals surface area (Å²) in [5.74, 6) is 3.22. The molecule has 0 aromatic rings. The molecule has 0 bridgehead atoms. The third-order valence-electron chi connectivity index (χ3n) is 2.34. The van der Waals surface area contributed by atoms with Gasteiger partial charge in [0.15, 0.2) is 0 Å². The van der Waals surface area contributed by atoms with E-state index in [1.807, 2.05) is 0 Å². The van der Waals surface area contributed by atoms with Gasteiger partial charge in [-0.1, -0.05) is 5.92 Å². The minimum Gasteiger partial charge on any atom is -0.381 e. The van der Waals surface area contributed by atoms with Crippen molar-refractivity contribution in [3.8, 4) is 12.3 Å². The maximum atomic E-state index is 5.53. The summed E-state index contributed by atoms with van der Waals surface area (Å²) >= 11 is 0. The summed E-state index contributed by atoms with van der Waals surface area (Å²) in [6.45, 7) is 4.86. The van der Waals surface area contributed by atoms with Gasteiger partial charge in [-0.25, -0.2) is 0 Å². The summed E-state index contributed by atoms with van der Waals surface area (Å²) in [5, 5.41) is 3.09. The van der Waals surface area contributed by atoms with Crippen molar-refractivity contribution in [3.05, 3.63) is 0 Å². The van der Waals surface area contributed by atoms with E-state index >= 15 is 0 Å². The Kier molecular flexibility index (Phi) is 6.42. The minimum atomic E-state index is 0.626. The fourth-order valence-corrected chi connectivity index (χ4v) is 1.47. The number of nitrogens with one attached hydrogen (secondary N) is 1. The van der Waals surface area contributed by atoms with E-state index in [9.17, 15) is 0 Å². The molecule has 0 aromatic heterocycles. The summed E-state index contributed by atoms with van der Waals surface area (Å²) in [5.41, 5.74) is 0. The van der Waals surface area contributed by atoms with Crippen molar-refractivity contribution in [3.63, 3.8) is 0 Å². The van der Waals surface area contributed by atoms with Crippen LogP contribution in [0.4, 0.5) is 0 Å². The highest BCUT2D eigenvalue weighted by atomic mass is 16.5. The molecule has 0 spiro atoms. The van der Waals surface area contributed by atoms with Crippen LogP contribution in [0.25, 0.3) is 0 Å². The second kappa shape index (κ2) is 7.81. The first-order valence-corrected chi connectivity index (χ1v) is 5.23. The Bertz CT molecular complexity index is 171. The number of hydrogen-bond acceptors (Lipinski definition) is 3. The first-order chi connectivity index (χ1) is 6.93. The minimum absolute atomic E-state index is 0.626. The molecule has 1 fully saturated rings. The molecule has 14 heavy (non-hydrogen) atoms. The zero-order valence-electron chi connectivity index (χ0n) is 8.63. The van der Waals surface area contributed by atoms with Crippen LogP contribution in [0.5, 0.6) is 0 Å². The standard InChI is InChI=1S/C11H19NO2/c1-2-5-12-6-9-14-10-11-3-7-13-8-4-11/h1,11-12H,3-10H2. The van der Waals surface area contributed by atoms with E-state index in [1.165, 1.54) is 0 Å². The predicted octanol–water partition coefficient (Wildman–Crippen LogP) is 0.652. The molecule has 1 saturated heterocycles. The molecule has 0 unspecified atom stereocenters. The topological polar surface area (TPSA) is 30.5 Å². The Hall–Kier alpha value is -0.560. The van der Waals surface area contributed by atoms with E-state index in [0.717, 1.165) is 45.8 Å². The molecule has 0 amide bonds. The molecule has 0 aliphatic carbocycles. The van der Waals surface area contributed by atoms with Crippen molar-refractivity contribution in [1.82, 2.24) is 5.32 Å². The van der Waals surface area contributed by atoms with E-state index in [1.54, 1.807) is 0 Å². The Labute approximate surface area is 86.2 Å². The van der Waals surface area contributed by atoms with Crippen molar-refractivity contribution >= 4 is 0 Å². The molecule has 1 aliphatic rings. The van der Waals surface area contributed by atoms with Crippen molar-refractivity contribution < 1.29 is 9.47 Å². The normalized spacial score (nSPS) is 17.9. The molecule has 1 rings (SSSR count). The lowest BCUT2D eigenvalue weighted by Crippen LogP contribution is -2.24. The average molecular weight is 197 g/mol. The van der Waals surface area contributed by atoms with Crippen LogP contribution in [-0.2, 0) is 9.47 Å². The van der Waals surface area contributed by atoms with Crippen LogP contribution in [0.1, 0.15) is 12.8 Å². The fraction of sp³-hybridized carbons (Fsp3) is 0.818. The molecule has 1 N–H and O–H groups in total. The lowest BCUT2D eigenvalue weighted by molar-refractivity contribution is 0.0216. The average Bonchev–Trinajstić information content (AvgIpc) is 2.25. The third kappa shape index (κ3) is 5.23. The van der Waals surface area contributed by atoms with E-state index in [2.05, 4.69) is 11.2 Å². The van der Waals surface area contributed by atoms with Gasteiger partial charge in [0.2, 0.25) is 0 Å². The van der Waals surface area contributed by atoms with Crippen LogP contribution in [0.2, 0.25) is 0 Å². The van der Waals surface area contributed by atoms with Crippen molar-refractivity contribution in [2.75, 3.05) is 39.5 Å². The summed E-state index contributed by atoms with van der Waals surface area (Å²) in [6, 6.07) is 0. The Morgan fingerprint density at radius 2 is 2.21 bits per heavy atom. The van der Waals surface area contributed by atoms with Crippen LogP contribution >= 0.6 is 0 Å². The third-order valence-corrected chi connectivity index (χ3v) is 2.34. The van der Waals surface area contributed by atoms with Crippen molar-refractivity contribution in [1.29, 1.82) is 0 Å². The zero-order chi connectivity index (χ0) is 10.1. The maximum Gasteiger partial charge on any atom is 0.0591 e. The summed E-state index contributed by atoms with van der Waals surface area (Å²) in [4.78, 5) is 0. The van der Waals surface area contributed by atoms with Gasteiger partial charge in [0.1, 0.15) is 0 Å². The fourth-order valence-electron chi connectivity index (χ4n) is 1.47. The van der Waals surface area contributed by atoms with Crippen LogP contribution in [0.3, 0.4) is 0 Å². The molecule has 0 aromatic carbocycles. The molecular weight excluding hydrogens is 178 g/mol. The second-order valence-electron chi connectivity index (χ2n) is 3.51. The van der Waals surface area contributed by atoms with Gasteiger partial charge in [-0.2, -0.15) is 0 Å². The molecule has 1 heterocycles. The van der Waals surface area contributed by atoms with Gasteiger partial charge in [-0.3, -0.25) is 0 Å². The largest absolute Gasteiger partial charge is 0.381 e. The number of terminal acetylenes is 1. The smallest absolute Gasteiger partial charge is 0.0591 e. The second-order valence-corrected chi connectivity index (χ2v) is 3.51. The molecule has 0 radical (unpaired) electrons. The summed E-state index contributed by atoms with van der Waals surface area (Å²) in [6.07, 6.45) is 7.37. The molecule has 3 nitrogen and oxygen atoms in total. The Balaban J connectivity index is 1.85. The summed E-state index contributed by atoms with van der Waals surface area (Å²) < 4.78 is 10.8. The van der Waals surface area contributed by atoms with E-state index in [4.69, 9.17) is 15.9 Å². The van der Waals surface area contributed by atoms with Gasteiger partial charge < -0.3 is 14.8 Å². The molecule has 0 saturated carbocycles. The first-order valence-electron chi connectivity index (χ1n) is 5.23. The van der Waals surface area contributed by atoms with Gasteiger partial charge in [-0.05, 0) is 18.8 Å². The Morgan fingerprint density at radius 3 is 2.93 bits per heavy atom. The van der Waals surface area contributed by atoms with Crippen LogP contribution < -0.4 is 5.32 Å². The lowest BCUT2D eigenvalue weighted by Gasteiger charge is -2.21. The number of hydrogen-bond donors (Lipinski definition) is 1. The summed E-state index contributed by atoms with van der Waals surface area (Å²) in [7, 11) is 0. The van der Waals surface area contributed by atoms with Gasteiger partial charge in [-0.15, -0.1) is 6.42 Å². The highest BCUT2D eigenvalue weighted by molar-refractivity contribution is 4.86. The predicted molar refractivity (Wildman–Crippen MR) is 56.1 cm³/mol. The van der Waals surface area contributed by atoms with E-state index in [-0.39, 0.29) is 0 Å². The molecule has 0 atom stereocenters. The van der Waals surface area contributed by atoms with Crippen LogP contribution in [0.15, 0.2) is 0 Å². The highest BCUT2D eigenvalue weighted by Gasteiger charge is 2.13. The van der Waals surface area contributed by atoms with Gasteiger partial charge in [0.25, 0.3) is 0 Å². The van der Waals surface area contributed by atoms with Crippen molar-refractivity contribution in [2.24, 2.45) is 5.92 Å². The SMILES string of the molecule is C#CCNCCOCC1CCOCC1. The zero-order valence-corrected chi connectivity index (χ0v) is 8.63. The quantitative estimate of drug-likeness (QED) is 0.501. The maximum absolute atomic E-state index is 5.53. The monoisotopic (exact) mass is 197 g/mol. The van der Waals surface area contributed by atoms with E-state index in [0.29, 0.717) is 12.5 Å². The van der Waals surface area contributed by atoms with Gasteiger partial charge in [0, 0.05) is 26.4 Å². The van der Waals surface area contributed by atoms with Crippen LogP contribution in [0, 0.1) is 18.3 Å². The van der Waals surface area contributed by atoms with Crippen molar-refractivity contribution in [2.45, 2.75) is 12.8 Å². The highest BCUT2D eigenvalue weighted by Crippen LogP contribution is 2.14. The molecule has 3 heteroatoms. The lowest BCUT2D eigenvalue weighted by atomic mass is 10.0. The van der Waals surface area contributed by atoms with Gasteiger partial charge in [0.05, 0.1) is 13.2 Å².